The lowest BCUT2D eigenvalue weighted by molar-refractivity contribution is 0.111. The van der Waals surface area contributed by atoms with Gasteiger partial charge in [0, 0.05) is 22.8 Å². The van der Waals surface area contributed by atoms with E-state index in [9.17, 15) is 4.79 Å². The highest BCUT2D eigenvalue weighted by atomic mass is 79.9. The zero-order valence-corrected chi connectivity index (χ0v) is 10.6. The highest BCUT2D eigenvalue weighted by molar-refractivity contribution is 9.10. The molecule has 0 aliphatic rings. The molecule has 1 aromatic carbocycles. The number of carbonyl (C=O) groups is 1. The van der Waals surface area contributed by atoms with Gasteiger partial charge >= 0.3 is 0 Å². The average molecular weight is 278 g/mol. The molecule has 0 fully saturated rings. The molecule has 0 spiro atoms. The number of hydrogen-bond donors (Lipinski definition) is 0. The maximum atomic E-state index is 11.1. The first-order valence-electron chi connectivity index (χ1n) is 5.16. The zero-order valence-electron chi connectivity index (χ0n) is 8.98. The molecule has 3 heteroatoms. The van der Waals surface area contributed by atoms with Crippen LogP contribution in [-0.4, -0.2) is 10.9 Å². The van der Waals surface area contributed by atoms with Crippen molar-refractivity contribution in [3.63, 3.8) is 0 Å². The highest BCUT2D eigenvalue weighted by Gasteiger charge is 2.08. The summed E-state index contributed by atoms with van der Waals surface area (Å²) in [6.45, 7) is 2.84. The van der Waals surface area contributed by atoms with Crippen LogP contribution in [0.1, 0.15) is 17.4 Å². The largest absolute Gasteiger partial charge is 0.345 e. The van der Waals surface area contributed by atoms with Gasteiger partial charge in [0.05, 0.1) is 5.69 Å². The van der Waals surface area contributed by atoms with Crippen LogP contribution in [0, 0.1) is 0 Å². The Morgan fingerprint density at radius 3 is 2.50 bits per heavy atom. The van der Waals surface area contributed by atoms with Crippen LogP contribution in [0.3, 0.4) is 0 Å². The molecule has 0 bridgehead atoms. The lowest BCUT2D eigenvalue weighted by atomic mass is 10.1. The van der Waals surface area contributed by atoms with Crippen molar-refractivity contribution in [1.29, 1.82) is 0 Å². The predicted molar refractivity (Wildman–Crippen MR) is 68.6 cm³/mol. The van der Waals surface area contributed by atoms with Crippen LogP contribution in [0.25, 0.3) is 11.1 Å². The summed E-state index contributed by atoms with van der Waals surface area (Å²) >= 11 is 3.40. The van der Waals surface area contributed by atoms with Crippen molar-refractivity contribution >= 4 is 22.2 Å². The molecule has 2 rings (SSSR count). The van der Waals surface area contributed by atoms with Crippen molar-refractivity contribution in [1.82, 2.24) is 4.57 Å². The Bertz CT molecular complexity index is 499. The summed E-state index contributed by atoms with van der Waals surface area (Å²) in [5.74, 6) is 0. The number of benzene rings is 1. The van der Waals surface area contributed by atoms with Crippen molar-refractivity contribution < 1.29 is 4.79 Å². The number of carbonyl (C=O) groups excluding carboxylic acids is 1. The van der Waals surface area contributed by atoms with E-state index in [4.69, 9.17) is 0 Å². The Hall–Kier alpha value is -1.35. The van der Waals surface area contributed by atoms with Crippen LogP contribution in [0.4, 0.5) is 0 Å². The monoisotopic (exact) mass is 277 g/mol. The van der Waals surface area contributed by atoms with Crippen molar-refractivity contribution in [3.05, 3.63) is 46.7 Å². The van der Waals surface area contributed by atoms with Crippen LogP contribution in [0.15, 0.2) is 41.0 Å². The minimum Gasteiger partial charge on any atom is -0.345 e. The summed E-state index contributed by atoms with van der Waals surface area (Å²) in [5.41, 5.74) is 2.80. The summed E-state index contributed by atoms with van der Waals surface area (Å²) < 4.78 is 2.99. The fraction of sp³-hybridized carbons (Fsp3) is 0.154. The number of aromatic nitrogens is 1. The Morgan fingerprint density at radius 2 is 1.94 bits per heavy atom. The van der Waals surface area contributed by atoms with Crippen molar-refractivity contribution in [2.45, 2.75) is 13.5 Å². The van der Waals surface area contributed by atoms with Gasteiger partial charge in [-0.2, -0.15) is 0 Å². The Morgan fingerprint density at radius 1 is 1.25 bits per heavy atom. The van der Waals surface area contributed by atoms with Gasteiger partial charge in [-0.15, -0.1) is 0 Å². The third-order valence-corrected chi connectivity index (χ3v) is 3.14. The van der Waals surface area contributed by atoms with Crippen LogP contribution in [-0.2, 0) is 6.54 Å². The van der Waals surface area contributed by atoms with E-state index in [0.29, 0.717) is 0 Å². The Labute approximate surface area is 103 Å². The van der Waals surface area contributed by atoms with Gasteiger partial charge in [-0.3, -0.25) is 4.79 Å². The molecule has 0 saturated carbocycles. The van der Waals surface area contributed by atoms with E-state index in [1.165, 1.54) is 0 Å². The highest BCUT2D eigenvalue weighted by Crippen LogP contribution is 2.25. The van der Waals surface area contributed by atoms with E-state index < -0.39 is 0 Å². The van der Waals surface area contributed by atoms with Gasteiger partial charge in [-0.1, -0.05) is 28.1 Å². The summed E-state index contributed by atoms with van der Waals surface area (Å²) in [7, 11) is 0. The summed E-state index contributed by atoms with van der Waals surface area (Å²) in [4.78, 5) is 11.1. The van der Waals surface area contributed by atoms with Crippen LogP contribution < -0.4 is 0 Å². The maximum absolute atomic E-state index is 11.1. The number of aryl methyl sites for hydroxylation is 1. The Balaban J connectivity index is 2.51. The zero-order chi connectivity index (χ0) is 11.5. The van der Waals surface area contributed by atoms with Crippen molar-refractivity contribution in [3.8, 4) is 11.1 Å². The summed E-state index contributed by atoms with van der Waals surface area (Å²) in [6.07, 6.45) is 2.86. The molecule has 0 N–H and O–H groups in total. The number of nitrogens with zero attached hydrogens (tertiary/aromatic N) is 1. The minimum atomic E-state index is 0.741. The molecule has 0 aliphatic heterocycles. The molecular weight excluding hydrogens is 266 g/mol. The molecule has 2 aromatic rings. The minimum absolute atomic E-state index is 0.741. The smallest absolute Gasteiger partial charge is 0.167 e. The van der Waals surface area contributed by atoms with E-state index in [0.717, 1.165) is 34.1 Å². The molecule has 0 atom stereocenters. The number of aldehydes is 1. The number of hydrogen-bond acceptors (Lipinski definition) is 1. The van der Waals surface area contributed by atoms with Crippen molar-refractivity contribution in [2.24, 2.45) is 0 Å². The fourth-order valence-corrected chi connectivity index (χ4v) is 2.03. The van der Waals surface area contributed by atoms with Gasteiger partial charge < -0.3 is 4.57 Å². The number of rotatable bonds is 3. The second kappa shape index (κ2) is 4.66. The van der Waals surface area contributed by atoms with Gasteiger partial charge in [0.1, 0.15) is 0 Å². The maximum Gasteiger partial charge on any atom is 0.167 e. The molecule has 0 unspecified atom stereocenters. The molecule has 0 radical (unpaired) electrons. The SMILES string of the molecule is CCn1ccc(-c2ccc(Br)cc2)c1C=O. The van der Waals surface area contributed by atoms with Gasteiger partial charge in [0.25, 0.3) is 0 Å². The quantitative estimate of drug-likeness (QED) is 0.784. The molecular formula is C13H12BrNO. The molecule has 82 valence electrons. The standard InChI is InChI=1S/C13H12BrNO/c1-2-15-8-7-12(13(15)9-16)10-3-5-11(14)6-4-10/h3-9H,2H2,1H3. The average Bonchev–Trinajstić information content (AvgIpc) is 2.72. The van der Waals surface area contributed by atoms with Gasteiger partial charge in [-0.25, -0.2) is 0 Å². The molecule has 0 saturated heterocycles. The van der Waals surface area contributed by atoms with Crippen molar-refractivity contribution in [2.75, 3.05) is 0 Å². The van der Waals surface area contributed by atoms with Gasteiger partial charge in [0.2, 0.25) is 0 Å². The lowest BCUT2D eigenvalue weighted by Gasteiger charge is -2.03. The third-order valence-electron chi connectivity index (χ3n) is 2.61. The molecule has 16 heavy (non-hydrogen) atoms. The predicted octanol–water partition coefficient (Wildman–Crippen LogP) is 3.75. The first-order valence-corrected chi connectivity index (χ1v) is 5.95. The first-order chi connectivity index (χ1) is 7.76. The normalized spacial score (nSPS) is 10.4. The van der Waals surface area contributed by atoms with Gasteiger partial charge in [-0.05, 0) is 30.7 Å². The molecule has 0 aliphatic carbocycles. The van der Waals surface area contributed by atoms with Crippen LogP contribution in [0.2, 0.25) is 0 Å². The molecule has 2 nitrogen and oxygen atoms in total. The van der Waals surface area contributed by atoms with E-state index in [1.54, 1.807) is 0 Å². The molecule has 0 amide bonds. The molecule has 1 heterocycles. The van der Waals surface area contributed by atoms with E-state index >= 15 is 0 Å². The first kappa shape index (κ1) is 11.1. The van der Waals surface area contributed by atoms with Gasteiger partial charge in [0.15, 0.2) is 6.29 Å². The summed E-state index contributed by atoms with van der Waals surface area (Å²) in [5, 5.41) is 0. The second-order valence-electron chi connectivity index (χ2n) is 3.53. The fourth-order valence-electron chi connectivity index (χ4n) is 1.77. The lowest BCUT2D eigenvalue weighted by Crippen LogP contribution is -1.98. The third kappa shape index (κ3) is 1.95. The van der Waals surface area contributed by atoms with E-state index in [2.05, 4.69) is 15.9 Å². The molecule has 1 aromatic heterocycles. The van der Waals surface area contributed by atoms with Crippen LogP contribution >= 0.6 is 15.9 Å². The second-order valence-corrected chi connectivity index (χ2v) is 4.44. The topological polar surface area (TPSA) is 22.0 Å². The summed E-state index contributed by atoms with van der Waals surface area (Å²) in [6, 6.07) is 9.95. The van der Waals surface area contributed by atoms with E-state index in [-0.39, 0.29) is 0 Å². The Kier molecular flexibility index (Phi) is 3.25. The number of halogens is 1. The van der Waals surface area contributed by atoms with E-state index in [1.807, 2.05) is 48.0 Å². The van der Waals surface area contributed by atoms with Crippen LogP contribution in [0.5, 0.6) is 0 Å².